The van der Waals surface area contributed by atoms with Gasteiger partial charge in [-0.3, -0.25) is 9.89 Å². The Morgan fingerprint density at radius 1 is 1.31 bits per heavy atom. The average Bonchev–Trinajstić information content (AvgIpc) is 3.27. The zero-order valence-corrected chi connectivity index (χ0v) is 19.4. The Bertz CT molecular complexity index is 532. The Morgan fingerprint density at radius 2 is 2.04 bits per heavy atom. The second-order valence-electron chi connectivity index (χ2n) is 8.04. The van der Waals surface area contributed by atoms with Crippen LogP contribution in [0.5, 0.6) is 0 Å². The smallest absolute Gasteiger partial charge is 0.191 e. The number of rotatable bonds is 6. The van der Waals surface area contributed by atoms with Crippen molar-refractivity contribution in [3.63, 3.8) is 0 Å². The minimum Gasteiger partial charge on any atom is -0.357 e. The predicted octanol–water partition coefficient (Wildman–Crippen LogP) is 4.47. The second-order valence-corrected chi connectivity index (χ2v) is 8.82. The van der Waals surface area contributed by atoms with Crippen LogP contribution in [0, 0.1) is 5.41 Å². The van der Waals surface area contributed by atoms with Crippen LogP contribution >= 0.6 is 35.3 Å². The fourth-order valence-corrected chi connectivity index (χ4v) is 4.71. The van der Waals surface area contributed by atoms with Crippen molar-refractivity contribution in [2.75, 3.05) is 26.2 Å². The molecule has 2 heterocycles. The molecule has 0 unspecified atom stereocenters. The largest absolute Gasteiger partial charge is 0.357 e. The minimum atomic E-state index is 0. The van der Waals surface area contributed by atoms with E-state index in [4.69, 9.17) is 4.99 Å². The van der Waals surface area contributed by atoms with Crippen molar-refractivity contribution in [1.29, 1.82) is 0 Å². The number of hydrogen-bond acceptors (Lipinski definition) is 3. The molecule has 2 aliphatic rings. The maximum absolute atomic E-state index is 4.92. The van der Waals surface area contributed by atoms with E-state index in [0.29, 0.717) is 11.5 Å². The first-order valence-electron chi connectivity index (χ1n) is 9.95. The molecule has 0 radical (unpaired) electrons. The van der Waals surface area contributed by atoms with Crippen molar-refractivity contribution < 1.29 is 0 Å². The van der Waals surface area contributed by atoms with Gasteiger partial charge in [0, 0.05) is 38.8 Å². The van der Waals surface area contributed by atoms with Crippen LogP contribution in [0.1, 0.15) is 57.9 Å². The number of likely N-dealkylation sites (tertiary alicyclic amines) is 1. The third-order valence-corrected chi connectivity index (χ3v) is 6.42. The van der Waals surface area contributed by atoms with Gasteiger partial charge in [-0.2, -0.15) is 11.3 Å². The molecule has 148 valence electrons. The Labute approximate surface area is 180 Å². The van der Waals surface area contributed by atoms with Crippen molar-refractivity contribution in [2.45, 2.75) is 65.0 Å². The summed E-state index contributed by atoms with van der Waals surface area (Å²) in [6.07, 6.45) is 7.81. The van der Waals surface area contributed by atoms with Crippen molar-refractivity contribution in [3.8, 4) is 0 Å². The lowest BCUT2D eigenvalue weighted by atomic mass is 9.89. The zero-order chi connectivity index (χ0) is 17.5. The Balaban J connectivity index is 0.00000243. The molecule has 3 rings (SSSR count). The average molecular weight is 490 g/mol. The van der Waals surface area contributed by atoms with Gasteiger partial charge >= 0.3 is 0 Å². The van der Waals surface area contributed by atoms with Gasteiger partial charge in [-0.15, -0.1) is 24.0 Å². The first-order valence-corrected chi connectivity index (χ1v) is 10.9. The highest BCUT2D eigenvalue weighted by Gasteiger charge is 2.28. The summed E-state index contributed by atoms with van der Waals surface area (Å²) >= 11 is 1.79. The molecule has 1 aromatic rings. The lowest BCUT2D eigenvalue weighted by Gasteiger charge is -2.33. The number of hydrogen-bond donors (Lipinski definition) is 2. The van der Waals surface area contributed by atoms with Crippen LogP contribution in [0.4, 0.5) is 0 Å². The highest BCUT2D eigenvalue weighted by atomic mass is 127. The first kappa shape index (κ1) is 22.0. The van der Waals surface area contributed by atoms with E-state index in [0.717, 1.165) is 25.6 Å². The second kappa shape index (κ2) is 10.9. The maximum atomic E-state index is 4.92. The molecule has 2 N–H and O–H groups in total. The van der Waals surface area contributed by atoms with Gasteiger partial charge < -0.3 is 10.6 Å². The van der Waals surface area contributed by atoms with Gasteiger partial charge in [0.05, 0.1) is 0 Å². The molecule has 26 heavy (non-hydrogen) atoms. The number of aliphatic imine (C=N–C) groups is 1. The lowest BCUT2D eigenvalue weighted by Crippen LogP contribution is -2.48. The molecule has 1 aromatic heterocycles. The molecular weight excluding hydrogens is 455 g/mol. The fraction of sp³-hybridized carbons (Fsp3) is 0.750. The van der Waals surface area contributed by atoms with Crippen LogP contribution in [-0.2, 0) is 6.54 Å². The van der Waals surface area contributed by atoms with E-state index >= 15 is 0 Å². The van der Waals surface area contributed by atoms with E-state index in [2.05, 4.69) is 46.2 Å². The molecule has 2 fully saturated rings. The molecule has 0 spiro atoms. The third-order valence-electron chi connectivity index (χ3n) is 5.69. The van der Waals surface area contributed by atoms with E-state index in [1.54, 1.807) is 11.3 Å². The molecule has 1 saturated heterocycles. The van der Waals surface area contributed by atoms with Crippen molar-refractivity contribution >= 4 is 41.3 Å². The van der Waals surface area contributed by atoms with Gasteiger partial charge in [0.25, 0.3) is 0 Å². The van der Waals surface area contributed by atoms with E-state index in [1.807, 2.05) is 0 Å². The van der Waals surface area contributed by atoms with E-state index in [1.165, 1.54) is 57.2 Å². The van der Waals surface area contributed by atoms with Crippen LogP contribution in [0.2, 0.25) is 0 Å². The fourth-order valence-electron chi connectivity index (χ4n) is 4.05. The minimum absolute atomic E-state index is 0. The van der Waals surface area contributed by atoms with Crippen molar-refractivity contribution in [2.24, 2.45) is 10.4 Å². The number of guanidine groups is 1. The number of thiophene rings is 1. The summed E-state index contributed by atoms with van der Waals surface area (Å²) in [4.78, 5) is 7.50. The van der Waals surface area contributed by atoms with Gasteiger partial charge in [0.15, 0.2) is 5.96 Å². The first-order chi connectivity index (χ1) is 12.2. The topological polar surface area (TPSA) is 39.7 Å². The standard InChI is InChI=1S/C20H34N4S.HI/c1-3-21-19(22-16-20(2)9-4-5-10-20)23-18-6-11-24(12-7-18)14-17-8-13-25-15-17;/h8,13,15,18H,3-7,9-12,14,16H2,1-2H3,(H2,21,22,23);1H. The Hall–Kier alpha value is -0.340. The monoisotopic (exact) mass is 490 g/mol. The summed E-state index contributed by atoms with van der Waals surface area (Å²) in [7, 11) is 0. The molecule has 0 bridgehead atoms. The molecule has 4 nitrogen and oxygen atoms in total. The normalized spacial score (nSPS) is 21.4. The lowest BCUT2D eigenvalue weighted by molar-refractivity contribution is 0.198. The van der Waals surface area contributed by atoms with Crippen LogP contribution < -0.4 is 10.6 Å². The summed E-state index contributed by atoms with van der Waals surface area (Å²) < 4.78 is 0. The number of piperidine rings is 1. The van der Waals surface area contributed by atoms with Crippen LogP contribution in [0.15, 0.2) is 21.8 Å². The van der Waals surface area contributed by atoms with E-state index in [-0.39, 0.29) is 24.0 Å². The Kier molecular flexibility index (Phi) is 9.17. The summed E-state index contributed by atoms with van der Waals surface area (Å²) in [6, 6.07) is 2.79. The van der Waals surface area contributed by atoms with Gasteiger partial charge in [-0.1, -0.05) is 19.8 Å². The third kappa shape index (κ3) is 6.68. The highest BCUT2D eigenvalue weighted by molar-refractivity contribution is 14.0. The highest BCUT2D eigenvalue weighted by Crippen LogP contribution is 2.37. The van der Waals surface area contributed by atoms with Gasteiger partial charge in [-0.25, -0.2) is 0 Å². The summed E-state index contributed by atoms with van der Waals surface area (Å²) in [5, 5.41) is 11.6. The summed E-state index contributed by atoms with van der Waals surface area (Å²) in [6.45, 7) is 9.88. The van der Waals surface area contributed by atoms with E-state index < -0.39 is 0 Å². The van der Waals surface area contributed by atoms with Gasteiger partial charge in [0.2, 0.25) is 0 Å². The van der Waals surface area contributed by atoms with Gasteiger partial charge in [-0.05, 0) is 60.4 Å². The van der Waals surface area contributed by atoms with Crippen LogP contribution in [0.25, 0.3) is 0 Å². The van der Waals surface area contributed by atoms with Crippen LogP contribution in [0.3, 0.4) is 0 Å². The van der Waals surface area contributed by atoms with Crippen molar-refractivity contribution in [1.82, 2.24) is 15.5 Å². The van der Waals surface area contributed by atoms with Crippen molar-refractivity contribution in [3.05, 3.63) is 22.4 Å². The summed E-state index contributed by atoms with van der Waals surface area (Å²) in [5.74, 6) is 1.02. The maximum Gasteiger partial charge on any atom is 0.191 e. The number of halogens is 1. The SMILES string of the molecule is CCNC(=NCC1(C)CCCC1)NC1CCN(Cc2ccsc2)CC1.I. The molecule has 1 aliphatic carbocycles. The Morgan fingerprint density at radius 3 is 2.65 bits per heavy atom. The molecule has 0 amide bonds. The molecule has 0 aromatic carbocycles. The summed E-state index contributed by atoms with van der Waals surface area (Å²) in [5.41, 5.74) is 1.88. The zero-order valence-electron chi connectivity index (χ0n) is 16.3. The van der Waals surface area contributed by atoms with E-state index in [9.17, 15) is 0 Å². The number of nitrogens with zero attached hydrogens (tertiary/aromatic N) is 2. The quantitative estimate of drug-likeness (QED) is 0.351. The molecule has 6 heteroatoms. The molecule has 0 atom stereocenters. The predicted molar refractivity (Wildman–Crippen MR) is 124 cm³/mol. The van der Waals surface area contributed by atoms with Crippen LogP contribution in [-0.4, -0.2) is 43.1 Å². The number of nitrogens with one attached hydrogen (secondary N) is 2. The molecule has 1 saturated carbocycles. The molecular formula is C20H35IN4S. The van der Waals surface area contributed by atoms with Gasteiger partial charge in [0.1, 0.15) is 0 Å². The molecule has 1 aliphatic heterocycles.